The Morgan fingerprint density at radius 3 is 3.00 bits per heavy atom. The minimum Gasteiger partial charge on any atom is -0.293 e. The van der Waals surface area contributed by atoms with E-state index in [-0.39, 0.29) is 5.78 Å². The van der Waals surface area contributed by atoms with Crippen molar-refractivity contribution in [1.29, 1.82) is 0 Å². The van der Waals surface area contributed by atoms with Crippen molar-refractivity contribution < 1.29 is 4.79 Å². The van der Waals surface area contributed by atoms with Gasteiger partial charge < -0.3 is 0 Å². The van der Waals surface area contributed by atoms with E-state index in [1.807, 2.05) is 16.4 Å². The van der Waals surface area contributed by atoms with Crippen LogP contribution in [0.2, 0.25) is 5.02 Å². The van der Waals surface area contributed by atoms with Gasteiger partial charge in [-0.2, -0.15) is 0 Å². The first kappa shape index (κ1) is 12.2. The van der Waals surface area contributed by atoms with Crippen LogP contribution in [0, 0.1) is 0 Å². The van der Waals surface area contributed by atoms with Gasteiger partial charge in [0.15, 0.2) is 5.78 Å². The van der Waals surface area contributed by atoms with Gasteiger partial charge in [0.1, 0.15) is 0 Å². The van der Waals surface area contributed by atoms with Crippen molar-refractivity contribution in [1.82, 2.24) is 4.31 Å². The summed E-state index contributed by atoms with van der Waals surface area (Å²) in [5, 5.41) is 0.613. The molecule has 1 aliphatic heterocycles. The Labute approximate surface area is 109 Å². The van der Waals surface area contributed by atoms with E-state index in [0.717, 1.165) is 23.4 Å². The number of benzene rings is 1. The summed E-state index contributed by atoms with van der Waals surface area (Å²) in [7, 11) is 0. The molecule has 0 amide bonds. The monoisotopic (exact) mass is 275 g/mol. The van der Waals surface area contributed by atoms with Crippen molar-refractivity contribution in [2.24, 2.45) is 0 Å². The maximum absolute atomic E-state index is 11.9. The highest BCUT2D eigenvalue weighted by Gasteiger charge is 2.23. The van der Waals surface area contributed by atoms with Crippen molar-refractivity contribution in [2.45, 2.75) is 11.3 Å². The summed E-state index contributed by atoms with van der Waals surface area (Å²) < 4.78 is 2.04. The number of halogens is 2. The van der Waals surface area contributed by atoms with Crippen LogP contribution in [0.3, 0.4) is 0 Å². The highest BCUT2D eigenvalue weighted by molar-refractivity contribution is 7.97. The third kappa shape index (κ3) is 2.72. The number of ketones is 1. The second kappa shape index (κ2) is 5.41. The van der Waals surface area contributed by atoms with Crippen LogP contribution >= 0.6 is 35.1 Å². The van der Waals surface area contributed by atoms with E-state index >= 15 is 0 Å². The SMILES string of the molecule is O=C1CN(CCCCl)Sc2ccc(Cl)cc21. The van der Waals surface area contributed by atoms with Crippen molar-refractivity contribution in [3.05, 3.63) is 28.8 Å². The molecule has 1 aromatic carbocycles. The minimum absolute atomic E-state index is 0.130. The molecule has 0 spiro atoms. The number of carbonyl (C=O) groups is 1. The number of hydrogen-bond donors (Lipinski definition) is 0. The van der Waals surface area contributed by atoms with Gasteiger partial charge >= 0.3 is 0 Å². The second-order valence-corrected chi connectivity index (χ2v) is 5.51. The lowest BCUT2D eigenvalue weighted by atomic mass is 10.1. The Bertz CT molecular complexity index is 411. The maximum atomic E-state index is 11.9. The van der Waals surface area contributed by atoms with Gasteiger partial charge in [-0.05, 0) is 36.6 Å². The van der Waals surface area contributed by atoms with Gasteiger partial charge in [0, 0.05) is 27.9 Å². The molecule has 0 atom stereocenters. The minimum atomic E-state index is 0.130. The molecule has 0 bridgehead atoms. The zero-order valence-corrected chi connectivity index (χ0v) is 10.9. The number of fused-ring (bicyclic) bond motifs is 1. The van der Waals surface area contributed by atoms with E-state index in [4.69, 9.17) is 23.2 Å². The molecule has 0 radical (unpaired) electrons. The van der Waals surface area contributed by atoms with Crippen LogP contribution in [-0.2, 0) is 0 Å². The van der Waals surface area contributed by atoms with Crippen molar-refractivity contribution in [3.8, 4) is 0 Å². The molecule has 0 aliphatic carbocycles. The Kier molecular flexibility index (Phi) is 4.14. The van der Waals surface area contributed by atoms with Crippen LogP contribution in [0.25, 0.3) is 0 Å². The third-order valence-corrected chi connectivity index (χ3v) is 3.96. The highest BCUT2D eigenvalue weighted by atomic mass is 35.5. The molecule has 16 heavy (non-hydrogen) atoms. The number of nitrogens with zero attached hydrogens (tertiary/aromatic N) is 1. The van der Waals surface area contributed by atoms with Gasteiger partial charge in [-0.1, -0.05) is 11.6 Å². The number of hydrogen-bond acceptors (Lipinski definition) is 3. The predicted octanol–water partition coefficient (Wildman–Crippen LogP) is 3.47. The number of carbonyl (C=O) groups excluding carboxylic acids is 1. The highest BCUT2D eigenvalue weighted by Crippen LogP contribution is 2.33. The molecule has 0 N–H and O–H groups in total. The summed E-state index contributed by atoms with van der Waals surface area (Å²) in [6.45, 7) is 1.27. The first-order valence-electron chi connectivity index (χ1n) is 5.02. The number of Topliss-reactive ketones (excluding diaryl/α,β-unsaturated/α-hetero) is 1. The molecular formula is C11H11Cl2NOS. The van der Waals surface area contributed by atoms with Gasteiger partial charge in [0.05, 0.1) is 6.54 Å². The van der Waals surface area contributed by atoms with Crippen LogP contribution in [0.1, 0.15) is 16.8 Å². The fourth-order valence-electron chi connectivity index (χ4n) is 1.58. The summed E-state index contributed by atoms with van der Waals surface area (Å²) in [4.78, 5) is 12.8. The van der Waals surface area contributed by atoms with Crippen LogP contribution in [-0.4, -0.2) is 29.1 Å². The number of alkyl halides is 1. The van der Waals surface area contributed by atoms with Gasteiger partial charge in [0.2, 0.25) is 0 Å². The van der Waals surface area contributed by atoms with E-state index in [9.17, 15) is 4.79 Å². The lowest BCUT2D eigenvalue weighted by Gasteiger charge is -2.26. The van der Waals surface area contributed by atoms with Crippen LogP contribution in [0.4, 0.5) is 0 Å². The Morgan fingerprint density at radius 2 is 2.25 bits per heavy atom. The quantitative estimate of drug-likeness (QED) is 0.622. The molecule has 0 saturated heterocycles. The molecular weight excluding hydrogens is 265 g/mol. The molecule has 0 unspecified atom stereocenters. The van der Waals surface area contributed by atoms with Gasteiger partial charge in [-0.15, -0.1) is 11.6 Å². The zero-order valence-electron chi connectivity index (χ0n) is 8.58. The van der Waals surface area contributed by atoms with Gasteiger partial charge in [0.25, 0.3) is 0 Å². The van der Waals surface area contributed by atoms with Crippen molar-refractivity contribution in [2.75, 3.05) is 19.0 Å². The molecule has 1 heterocycles. The smallest absolute Gasteiger partial charge is 0.179 e. The largest absolute Gasteiger partial charge is 0.293 e. The molecule has 2 nitrogen and oxygen atoms in total. The third-order valence-electron chi connectivity index (χ3n) is 2.33. The molecule has 5 heteroatoms. The summed E-state index contributed by atoms with van der Waals surface area (Å²) in [6.07, 6.45) is 0.894. The maximum Gasteiger partial charge on any atom is 0.179 e. The Hall–Kier alpha value is -0.220. The van der Waals surface area contributed by atoms with E-state index in [1.165, 1.54) is 0 Å². The average Bonchev–Trinajstić information content (AvgIpc) is 2.27. The summed E-state index contributed by atoms with van der Waals surface area (Å²) in [6, 6.07) is 5.45. The predicted molar refractivity (Wildman–Crippen MR) is 68.5 cm³/mol. The zero-order chi connectivity index (χ0) is 11.5. The van der Waals surface area contributed by atoms with E-state index in [2.05, 4.69) is 0 Å². The molecule has 0 fully saturated rings. The normalized spacial score (nSPS) is 16.2. The average molecular weight is 276 g/mol. The molecule has 0 aromatic heterocycles. The summed E-state index contributed by atoms with van der Waals surface area (Å²) >= 11 is 13.1. The fraction of sp³-hybridized carbons (Fsp3) is 0.364. The lowest BCUT2D eigenvalue weighted by Crippen LogP contribution is -2.29. The molecule has 86 valence electrons. The van der Waals surface area contributed by atoms with Crippen LogP contribution < -0.4 is 0 Å². The molecule has 1 aromatic rings. The molecule has 0 saturated carbocycles. The van der Waals surface area contributed by atoms with E-state index < -0.39 is 0 Å². The topological polar surface area (TPSA) is 20.3 Å². The fourth-order valence-corrected chi connectivity index (χ4v) is 2.95. The first-order valence-corrected chi connectivity index (χ1v) is 6.71. The van der Waals surface area contributed by atoms with Crippen molar-refractivity contribution >= 4 is 40.9 Å². The van der Waals surface area contributed by atoms with Gasteiger partial charge in [-0.25, -0.2) is 4.31 Å². The van der Waals surface area contributed by atoms with Crippen LogP contribution in [0.15, 0.2) is 23.1 Å². The first-order chi connectivity index (χ1) is 7.70. The Balaban J connectivity index is 2.17. The van der Waals surface area contributed by atoms with E-state index in [1.54, 1.807) is 18.0 Å². The van der Waals surface area contributed by atoms with Crippen molar-refractivity contribution in [3.63, 3.8) is 0 Å². The lowest BCUT2D eigenvalue weighted by molar-refractivity contribution is 0.0962. The Morgan fingerprint density at radius 1 is 1.44 bits per heavy atom. The van der Waals surface area contributed by atoms with Gasteiger partial charge in [-0.3, -0.25) is 4.79 Å². The molecule has 2 rings (SSSR count). The molecule has 1 aliphatic rings. The standard InChI is InChI=1S/C11H11Cl2NOS/c12-4-1-5-14-7-10(15)9-6-8(13)2-3-11(9)16-14/h2-3,6H,1,4-5,7H2. The second-order valence-electron chi connectivity index (χ2n) is 3.56. The summed E-state index contributed by atoms with van der Waals surface area (Å²) in [5.74, 6) is 0.754. The van der Waals surface area contributed by atoms with Crippen LogP contribution in [0.5, 0.6) is 0 Å². The number of rotatable bonds is 3. The van der Waals surface area contributed by atoms with E-state index in [0.29, 0.717) is 17.4 Å². The summed E-state index contributed by atoms with van der Waals surface area (Å²) in [5.41, 5.74) is 0.736.